The molecule has 5 N–H and O–H groups in total. The minimum absolute atomic E-state index is 0.149. The Morgan fingerprint density at radius 3 is 2.56 bits per heavy atom. The fourth-order valence-electron chi connectivity index (χ4n) is 0.242. The van der Waals surface area contributed by atoms with Crippen LogP contribution in [0.15, 0.2) is 4.99 Å². The van der Waals surface area contributed by atoms with Crippen molar-refractivity contribution >= 4 is 11.7 Å². The molecule has 0 aromatic rings. The summed E-state index contributed by atoms with van der Waals surface area (Å²) in [5.41, 5.74) is 9.79. The van der Waals surface area contributed by atoms with Gasteiger partial charge in [-0.05, 0) is 7.05 Å². The standard InChI is InChI=1S/C4H10N4O/c1-7-2-8-3(5)4(6)9/h7H,2H2,1H3,(H2,5,8)(H2,6,9). The number of hydrogen-bond donors (Lipinski definition) is 3. The molecule has 0 aromatic carbocycles. The van der Waals surface area contributed by atoms with Crippen molar-refractivity contribution in [1.82, 2.24) is 5.32 Å². The summed E-state index contributed by atoms with van der Waals surface area (Å²) in [6.07, 6.45) is 0. The molecular formula is C4H10N4O. The zero-order chi connectivity index (χ0) is 7.28. The van der Waals surface area contributed by atoms with E-state index < -0.39 is 5.91 Å². The van der Waals surface area contributed by atoms with Crippen LogP contribution in [0.25, 0.3) is 0 Å². The van der Waals surface area contributed by atoms with Gasteiger partial charge in [0.1, 0.15) is 0 Å². The molecule has 0 aliphatic heterocycles. The Morgan fingerprint density at radius 2 is 2.22 bits per heavy atom. The summed E-state index contributed by atoms with van der Waals surface area (Å²) in [6, 6.07) is 0. The molecule has 52 valence electrons. The highest BCUT2D eigenvalue weighted by atomic mass is 16.1. The molecule has 5 heteroatoms. The maximum absolute atomic E-state index is 10.1. The van der Waals surface area contributed by atoms with Crippen LogP contribution in [0.2, 0.25) is 0 Å². The highest BCUT2D eigenvalue weighted by molar-refractivity contribution is 6.36. The average molecular weight is 130 g/mol. The zero-order valence-electron chi connectivity index (χ0n) is 5.22. The van der Waals surface area contributed by atoms with Crippen LogP contribution in [0.5, 0.6) is 0 Å². The molecule has 0 radical (unpaired) electrons. The number of carbonyl (C=O) groups excluding carboxylic acids is 1. The molecule has 0 bridgehead atoms. The molecule has 0 rings (SSSR count). The first-order valence-corrected chi connectivity index (χ1v) is 2.42. The van der Waals surface area contributed by atoms with Crippen molar-refractivity contribution in [3.05, 3.63) is 0 Å². The number of nitrogens with two attached hydrogens (primary N) is 2. The van der Waals surface area contributed by atoms with Gasteiger partial charge in [-0.1, -0.05) is 0 Å². The highest BCUT2D eigenvalue weighted by Crippen LogP contribution is 1.64. The van der Waals surface area contributed by atoms with E-state index in [1.807, 2.05) is 0 Å². The number of hydrogen-bond acceptors (Lipinski definition) is 3. The molecule has 0 fully saturated rings. The van der Waals surface area contributed by atoms with Gasteiger partial charge in [0.05, 0.1) is 6.67 Å². The molecule has 0 saturated heterocycles. The summed E-state index contributed by atoms with van der Waals surface area (Å²) in [4.78, 5) is 13.7. The maximum atomic E-state index is 10.1. The molecule has 0 aromatic heterocycles. The van der Waals surface area contributed by atoms with Crippen molar-refractivity contribution in [2.24, 2.45) is 16.5 Å². The van der Waals surface area contributed by atoms with Crippen molar-refractivity contribution in [2.75, 3.05) is 13.7 Å². The van der Waals surface area contributed by atoms with Gasteiger partial charge in [-0.2, -0.15) is 0 Å². The Balaban J connectivity index is 3.69. The van der Waals surface area contributed by atoms with E-state index in [-0.39, 0.29) is 5.84 Å². The first-order valence-electron chi connectivity index (χ1n) is 2.42. The van der Waals surface area contributed by atoms with E-state index in [4.69, 9.17) is 11.5 Å². The number of rotatable bonds is 2. The van der Waals surface area contributed by atoms with E-state index in [1.165, 1.54) is 0 Å². The number of aliphatic imine (C=N–C) groups is 1. The van der Waals surface area contributed by atoms with Crippen molar-refractivity contribution in [3.63, 3.8) is 0 Å². The molecule has 0 atom stereocenters. The molecule has 0 aliphatic carbocycles. The van der Waals surface area contributed by atoms with Gasteiger partial charge in [-0.3, -0.25) is 4.79 Å². The van der Waals surface area contributed by atoms with Crippen LogP contribution < -0.4 is 16.8 Å². The average Bonchev–Trinajstić information content (AvgIpc) is 1.82. The Hall–Kier alpha value is -1.10. The normalized spacial score (nSPS) is 11.4. The Labute approximate surface area is 53.1 Å². The number of amidine groups is 1. The van der Waals surface area contributed by atoms with Gasteiger partial charge in [-0.15, -0.1) is 0 Å². The molecule has 0 heterocycles. The van der Waals surface area contributed by atoms with Crippen molar-refractivity contribution in [2.45, 2.75) is 0 Å². The van der Waals surface area contributed by atoms with Crippen LogP contribution in [0.3, 0.4) is 0 Å². The summed E-state index contributed by atoms with van der Waals surface area (Å²) in [5, 5.41) is 2.68. The predicted molar refractivity (Wildman–Crippen MR) is 34.7 cm³/mol. The fraction of sp³-hybridized carbons (Fsp3) is 0.500. The van der Waals surface area contributed by atoms with Crippen molar-refractivity contribution in [1.29, 1.82) is 0 Å². The van der Waals surface area contributed by atoms with Gasteiger partial charge in [0.15, 0.2) is 5.84 Å². The van der Waals surface area contributed by atoms with E-state index >= 15 is 0 Å². The Bertz CT molecular complexity index is 131. The monoisotopic (exact) mass is 130 g/mol. The third kappa shape index (κ3) is 3.48. The number of nitrogens with zero attached hydrogens (tertiary/aromatic N) is 1. The van der Waals surface area contributed by atoms with Gasteiger partial charge in [0.25, 0.3) is 5.91 Å². The lowest BCUT2D eigenvalue weighted by molar-refractivity contribution is -0.112. The summed E-state index contributed by atoms with van der Waals surface area (Å²) >= 11 is 0. The quantitative estimate of drug-likeness (QED) is 0.298. The van der Waals surface area contributed by atoms with Crippen LogP contribution >= 0.6 is 0 Å². The second-order valence-corrected chi connectivity index (χ2v) is 1.42. The largest absolute Gasteiger partial charge is 0.379 e. The molecule has 1 amide bonds. The van der Waals surface area contributed by atoms with Crippen LogP contribution in [0.1, 0.15) is 0 Å². The Kier molecular flexibility index (Phi) is 3.38. The van der Waals surface area contributed by atoms with Gasteiger partial charge in [0.2, 0.25) is 0 Å². The molecule has 0 aliphatic rings. The first-order chi connectivity index (χ1) is 4.18. The summed E-state index contributed by atoms with van der Waals surface area (Å²) < 4.78 is 0. The van der Waals surface area contributed by atoms with Gasteiger partial charge < -0.3 is 16.8 Å². The van der Waals surface area contributed by atoms with Gasteiger partial charge >= 0.3 is 0 Å². The molecule has 0 unspecified atom stereocenters. The zero-order valence-corrected chi connectivity index (χ0v) is 5.22. The van der Waals surface area contributed by atoms with Crippen LogP contribution in [-0.4, -0.2) is 25.5 Å². The molecular weight excluding hydrogens is 120 g/mol. The van der Waals surface area contributed by atoms with Crippen LogP contribution in [-0.2, 0) is 4.79 Å². The van der Waals surface area contributed by atoms with E-state index in [2.05, 4.69) is 10.3 Å². The van der Waals surface area contributed by atoms with Crippen molar-refractivity contribution in [3.8, 4) is 0 Å². The van der Waals surface area contributed by atoms with Crippen molar-refractivity contribution < 1.29 is 4.79 Å². The van der Waals surface area contributed by atoms with E-state index in [9.17, 15) is 4.79 Å². The highest BCUT2D eigenvalue weighted by Gasteiger charge is 1.96. The predicted octanol–water partition coefficient (Wildman–Crippen LogP) is -1.99. The second kappa shape index (κ2) is 3.85. The third-order valence-corrected chi connectivity index (χ3v) is 0.660. The van der Waals surface area contributed by atoms with E-state index in [0.29, 0.717) is 6.67 Å². The van der Waals surface area contributed by atoms with Gasteiger partial charge in [0, 0.05) is 0 Å². The first kappa shape index (κ1) is 7.90. The SMILES string of the molecule is CNCN=C(N)C(N)=O. The number of primary amides is 1. The lowest BCUT2D eigenvalue weighted by atomic mass is 10.6. The maximum Gasteiger partial charge on any atom is 0.283 e. The smallest absolute Gasteiger partial charge is 0.283 e. The second-order valence-electron chi connectivity index (χ2n) is 1.42. The molecule has 0 saturated carbocycles. The minimum Gasteiger partial charge on any atom is -0.379 e. The van der Waals surface area contributed by atoms with E-state index in [0.717, 1.165) is 0 Å². The fourth-order valence-corrected chi connectivity index (χ4v) is 0.242. The summed E-state index contributed by atoms with van der Waals surface area (Å²) in [5.74, 6) is -0.838. The molecule has 0 spiro atoms. The third-order valence-electron chi connectivity index (χ3n) is 0.660. The van der Waals surface area contributed by atoms with Crippen LogP contribution in [0, 0.1) is 0 Å². The molecule has 5 nitrogen and oxygen atoms in total. The van der Waals surface area contributed by atoms with E-state index in [1.54, 1.807) is 7.05 Å². The summed E-state index contributed by atoms with van der Waals surface area (Å²) in [7, 11) is 1.69. The minimum atomic E-state index is -0.690. The summed E-state index contributed by atoms with van der Waals surface area (Å²) in [6.45, 7) is 0.314. The van der Waals surface area contributed by atoms with Crippen LogP contribution in [0.4, 0.5) is 0 Å². The lowest BCUT2D eigenvalue weighted by Crippen LogP contribution is -2.31. The number of carbonyl (C=O) groups is 1. The van der Waals surface area contributed by atoms with Gasteiger partial charge in [-0.25, -0.2) is 4.99 Å². The number of nitrogens with one attached hydrogen (secondary N) is 1. The topological polar surface area (TPSA) is 93.5 Å². The molecule has 9 heavy (non-hydrogen) atoms. The lowest BCUT2D eigenvalue weighted by Gasteiger charge is -1.92. The number of amides is 1. The Morgan fingerprint density at radius 1 is 1.67 bits per heavy atom.